The standard InChI is InChI=1S/C16H26N4S/c1-11(2)17-10-14-12(3)18-20(6)16(14)19(5)13(4)15-8-7-9-21-15/h7-9,11,13,17H,10H2,1-6H3. The molecule has 0 bridgehead atoms. The average molecular weight is 306 g/mol. The van der Waals surface area contributed by atoms with E-state index in [-0.39, 0.29) is 0 Å². The van der Waals surface area contributed by atoms with Gasteiger partial charge in [0.2, 0.25) is 0 Å². The van der Waals surface area contributed by atoms with Crippen LogP contribution in [-0.2, 0) is 13.6 Å². The highest BCUT2D eigenvalue weighted by molar-refractivity contribution is 7.10. The molecule has 0 aliphatic heterocycles. The number of aromatic nitrogens is 2. The van der Waals surface area contributed by atoms with Gasteiger partial charge in [-0.05, 0) is 25.3 Å². The molecule has 1 unspecified atom stereocenters. The molecule has 0 aliphatic carbocycles. The molecule has 0 fully saturated rings. The second-order valence-corrected chi connectivity index (χ2v) is 6.83. The molecule has 2 heterocycles. The van der Waals surface area contributed by atoms with Crippen LogP contribution in [0.1, 0.15) is 42.9 Å². The first-order chi connectivity index (χ1) is 9.91. The van der Waals surface area contributed by atoms with Crippen LogP contribution in [0.25, 0.3) is 0 Å². The number of aryl methyl sites for hydroxylation is 2. The van der Waals surface area contributed by atoms with Crippen molar-refractivity contribution < 1.29 is 0 Å². The quantitative estimate of drug-likeness (QED) is 0.887. The largest absolute Gasteiger partial charge is 0.352 e. The van der Waals surface area contributed by atoms with Gasteiger partial charge in [0, 0.05) is 37.1 Å². The van der Waals surface area contributed by atoms with E-state index in [1.165, 1.54) is 16.3 Å². The molecule has 0 saturated heterocycles. The lowest BCUT2D eigenvalue weighted by atomic mass is 10.2. The van der Waals surface area contributed by atoms with Crippen LogP contribution in [0, 0.1) is 6.92 Å². The Balaban J connectivity index is 2.29. The van der Waals surface area contributed by atoms with Crippen molar-refractivity contribution in [1.82, 2.24) is 15.1 Å². The predicted octanol–water partition coefficient (Wildman–Crippen LogP) is 3.49. The lowest BCUT2D eigenvalue weighted by molar-refractivity contribution is 0.585. The van der Waals surface area contributed by atoms with Crippen LogP contribution in [-0.4, -0.2) is 22.9 Å². The van der Waals surface area contributed by atoms with Crippen molar-refractivity contribution in [3.05, 3.63) is 33.6 Å². The Morgan fingerprint density at radius 2 is 2.10 bits per heavy atom. The van der Waals surface area contributed by atoms with Gasteiger partial charge in [-0.15, -0.1) is 11.3 Å². The van der Waals surface area contributed by atoms with Crippen molar-refractivity contribution in [3.63, 3.8) is 0 Å². The summed E-state index contributed by atoms with van der Waals surface area (Å²) in [6.45, 7) is 9.53. The summed E-state index contributed by atoms with van der Waals surface area (Å²) in [7, 11) is 4.18. The molecule has 21 heavy (non-hydrogen) atoms. The van der Waals surface area contributed by atoms with Crippen LogP contribution in [0.2, 0.25) is 0 Å². The van der Waals surface area contributed by atoms with Crippen LogP contribution in [0.5, 0.6) is 0 Å². The number of anilines is 1. The molecule has 116 valence electrons. The van der Waals surface area contributed by atoms with Gasteiger partial charge in [-0.3, -0.25) is 4.68 Å². The zero-order chi connectivity index (χ0) is 15.6. The van der Waals surface area contributed by atoms with Gasteiger partial charge >= 0.3 is 0 Å². The van der Waals surface area contributed by atoms with Gasteiger partial charge in [0.15, 0.2) is 0 Å². The van der Waals surface area contributed by atoms with Gasteiger partial charge in [0.05, 0.1) is 11.7 Å². The topological polar surface area (TPSA) is 33.1 Å². The minimum absolute atomic E-state index is 0.345. The molecule has 0 radical (unpaired) electrons. The summed E-state index contributed by atoms with van der Waals surface area (Å²) in [5, 5.41) is 10.3. The molecular formula is C16H26N4S. The zero-order valence-electron chi connectivity index (χ0n) is 13.8. The summed E-state index contributed by atoms with van der Waals surface area (Å²) in [5.41, 5.74) is 2.39. The number of hydrogen-bond donors (Lipinski definition) is 1. The second kappa shape index (κ2) is 6.62. The van der Waals surface area contributed by atoms with Gasteiger partial charge in [0.25, 0.3) is 0 Å². The maximum atomic E-state index is 4.61. The fraction of sp³-hybridized carbons (Fsp3) is 0.562. The average Bonchev–Trinajstić information content (AvgIpc) is 3.03. The number of nitrogens with zero attached hydrogens (tertiary/aromatic N) is 3. The highest BCUT2D eigenvalue weighted by Gasteiger charge is 2.21. The van der Waals surface area contributed by atoms with E-state index in [1.54, 1.807) is 11.3 Å². The molecule has 2 aromatic rings. The molecule has 0 saturated carbocycles. The lowest BCUT2D eigenvalue weighted by Crippen LogP contribution is -2.27. The highest BCUT2D eigenvalue weighted by Crippen LogP contribution is 2.31. The SMILES string of the molecule is Cc1nn(C)c(N(C)C(C)c2cccs2)c1CNC(C)C. The first-order valence-corrected chi connectivity index (χ1v) is 8.31. The fourth-order valence-electron chi connectivity index (χ4n) is 2.55. The normalized spacial score (nSPS) is 12.9. The number of rotatable bonds is 6. The van der Waals surface area contributed by atoms with Gasteiger partial charge < -0.3 is 10.2 Å². The van der Waals surface area contributed by atoms with Crippen LogP contribution in [0.3, 0.4) is 0 Å². The van der Waals surface area contributed by atoms with Gasteiger partial charge in [-0.2, -0.15) is 5.10 Å². The summed E-state index contributed by atoms with van der Waals surface area (Å²) in [4.78, 5) is 3.70. The number of nitrogens with one attached hydrogen (secondary N) is 1. The fourth-order valence-corrected chi connectivity index (χ4v) is 3.37. The molecule has 2 aromatic heterocycles. The van der Waals surface area contributed by atoms with Crippen molar-refractivity contribution in [2.75, 3.05) is 11.9 Å². The summed E-state index contributed by atoms with van der Waals surface area (Å²) in [6.07, 6.45) is 0. The van der Waals surface area contributed by atoms with Crippen LogP contribution < -0.4 is 10.2 Å². The molecule has 0 spiro atoms. The Labute approximate surface area is 131 Å². The number of hydrogen-bond acceptors (Lipinski definition) is 4. The van der Waals surface area contributed by atoms with Gasteiger partial charge in [-0.25, -0.2) is 0 Å². The molecule has 4 nitrogen and oxygen atoms in total. The van der Waals surface area contributed by atoms with E-state index in [0.717, 1.165) is 12.2 Å². The predicted molar refractivity (Wildman–Crippen MR) is 91.1 cm³/mol. The first kappa shape index (κ1) is 16.0. The molecular weight excluding hydrogens is 280 g/mol. The van der Waals surface area contributed by atoms with E-state index in [1.807, 2.05) is 11.7 Å². The minimum Gasteiger partial charge on any atom is -0.352 e. The molecule has 0 aliphatic rings. The van der Waals surface area contributed by atoms with Crippen molar-refractivity contribution in [3.8, 4) is 0 Å². The zero-order valence-corrected chi connectivity index (χ0v) is 14.7. The Morgan fingerprint density at radius 3 is 2.67 bits per heavy atom. The van der Waals surface area contributed by atoms with Crippen molar-refractivity contribution in [2.45, 2.75) is 46.3 Å². The lowest BCUT2D eigenvalue weighted by Gasteiger charge is -2.27. The highest BCUT2D eigenvalue weighted by atomic mass is 32.1. The maximum Gasteiger partial charge on any atom is 0.131 e. The van der Waals surface area contributed by atoms with E-state index >= 15 is 0 Å². The summed E-state index contributed by atoms with van der Waals surface area (Å²) in [6, 6.07) is 5.12. The summed E-state index contributed by atoms with van der Waals surface area (Å²) in [5.74, 6) is 1.20. The monoisotopic (exact) mass is 306 g/mol. The smallest absolute Gasteiger partial charge is 0.131 e. The van der Waals surface area contributed by atoms with Gasteiger partial charge in [-0.1, -0.05) is 19.9 Å². The van der Waals surface area contributed by atoms with Crippen molar-refractivity contribution in [1.29, 1.82) is 0 Å². The molecule has 2 rings (SSSR count). The van der Waals surface area contributed by atoms with Crippen LogP contribution >= 0.6 is 11.3 Å². The molecule has 0 amide bonds. The van der Waals surface area contributed by atoms with E-state index in [4.69, 9.17) is 0 Å². The Morgan fingerprint density at radius 1 is 1.38 bits per heavy atom. The summed E-state index contributed by atoms with van der Waals surface area (Å²) < 4.78 is 2.00. The van der Waals surface area contributed by atoms with E-state index in [9.17, 15) is 0 Å². The third kappa shape index (κ3) is 3.47. The minimum atomic E-state index is 0.345. The number of thiophene rings is 1. The van der Waals surface area contributed by atoms with Gasteiger partial charge in [0.1, 0.15) is 5.82 Å². The Bertz CT molecular complexity index is 571. The first-order valence-electron chi connectivity index (χ1n) is 7.44. The van der Waals surface area contributed by atoms with E-state index < -0.39 is 0 Å². The molecule has 0 aromatic carbocycles. The van der Waals surface area contributed by atoms with Crippen LogP contribution in [0.4, 0.5) is 5.82 Å². The molecule has 1 N–H and O–H groups in total. The van der Waals surface area contributed by atoms with E-state index in [2.05, 4.69) is 67.6 Å². The second-order valence-electron chi connectivity index (χ2n) is 5.85. The molecule has 5 heteroatoms. The third-order valence-electron chi connectivity index (χ3n) is 3.87. The van der Waals surface area contributed by atoms with Crippen LogP contribution in [0.15, 0.2) is 17.5 Å². The maximum absolute atomic E-state index is 4.61. The summed E-state index contributed by atoms with van der Waals surface area (Å²) >= 11 is 1.80. The van der Waals surface area contributed by atoms with E-state index in [0.29, 0.717) is 12.1 Å². The van der Waals surface area contributed by atoms with Crippen molar-refractivity contribution >= 4 is 17.2 Å². The Kier molecular flexibility index (Phi) is 5.06. The Hall–Kier alpha value is -1.33. The molecule has 1 atom stereocenters. The van der Waals surface area contributed by atoms with Crippen molar-refractivity contribution in [2.24, 2.45) is 7.05 Å². The third-order valence-corrected chi connectivity index (χ3v) is 4.91.